The summed E-state index contributed by atoms with van der Waals surface area (Å²) in [4.78, 5) is 11.4. The van der Waals surface area contributed by atoms with Crippen LogP contribution < -0.4 is 11.3 Å². The van der Waals surface area contributed by atoms with E-state index in [0.717, 1.165) is 23.1 Å². The van der Waals surface area contributed by atoms with E-state index in [0.29, 0.717) is 13.2 Å². The molecule has 104 valence electrons. The summed E-state index contributed by atoms with van der Waals surface area (Å²) < 4.78 is 5.54. The molecule has 0 bridgehead atoms. The van der Waals surface area contributed by atoms with Gasteiger partial charge < -0.3 is 4.74 Å². The zero-order valence-corrected chi connectivity index (χ0v) is 11.6. The highest BCUT2D eigenvalue weighted by Gasteiger charge is 2.13. The Hall–Kier alpha value is -1.65. The predicted molar refractivity (Wildman–Crippen MR) is 76.3 cm³/mol. The quantitative estimate of drug-likeness (QED) is 0.260. The van der Waals surface area contributed by atoms with E-state index in [2.05, 4.69) is 12.0 Å². The lowest BCUT2D eigenvalue weighted by Crippen LogP contribution is -2.33. The van der Waals surface area contributed by atoms with Gasteiger partial charge in [0, 0.05) is 0 Å². The van der Waals surface area contributed by atoms with E-state index >= 15 is 0 Å². The molecule has 4 nitrogen and oxygen atoms in total. The number of nitrogens with one attached hydrogen (secondary N) is 1. The van der Waals surface area contributed by atoms with Crippen LogP contribution in [0.2, 0.25) is 0 Å². The maximum atomic E-state index is 11.4. The van der Waals surface area contributed by atoms with Crippen molar-refractivity contribution in [2.24, 2.45) is 5.84 Å². The molecule has 0 fully saturated rings. The first kappa shape index (κ1) is 15.4. The van der Waals surface area contributed by atoms with Gasteiger partial charge in [-0.3, -0.25) is 10.2 Å². The van der Waals surface area contributed by atoms with Gasteiger partial charge in [-0.2, -0.15) is 0 Å². The van der Waals surface area contributed by atoms with Crippen molar-refractivity contribution in [1.82, 2.24) is 5.43 Å². The Balaban J connectivity index is 2.47. The smallest absolute Gasteiger partial charge is 0.241 e. The second-order valence-corrected chi connectivity index (χ2v) is 4.73. The first-order valence-electron chi connectivity index (χ1n) is 6.36. The van der Waals surface area contributed by atoms with Crippen molar-refractivity contribution in [2.75, 3.05) is 6.61 Å². The van der Waals surface area contributed by atoms with Crippen LogP contribution in [0.1, 0.15) is 37.3 Å². The van der Waals surface area contributed by atoms with Gasteiger partial charge >= 0.3 is 0 Å². The minimum atomic E-state index is -0.247. The monoisotopic (exact) mass is 262 g/mol. The zero-order valence-electron chi connectivity index (χ0n) is 11.6. The fraction of sp³-hybridized carbons (Fsp3) is 0.400. The largest absolute Gasteiger partial charge is 0.376 e. The third-order valence-corrected chi connectivity index (χ3v) is 2.96. The molecule has 1 aromatic rings. The van der Waals surface area contributed by atoms with Gasteiger partial charge in [0.2, 0.25) is 5.91 Å². The molecule has 4 heteroatoms. The highest BCUT2D eigenvalue weighted by Crippen LogP contribution is 2.16. The second kappa shape index (κ2) is 7.71. The average molecular weight is 262 g/mol. The SMILES string of the molecule is C=C(C)CCOCc1ccc(C(C)C(=O)NN)cc1. The van der Waals surface area contributed by atoms with Crippen molar-refractivity contribution in [2.45, 2.75) is 32.8 Å². The normalized spacial score (nSPS) is 11.9. The molecule has 0 spiro atoms. The van der Waals surface area contributed by atoms with Crippen LogP contribution in [0.15, 0.2) is 36.4 Å². The molecular weight excluding hydrogens is 240 g/mol. The maximum absolute atomic E-state index is 11.4. The summed E-state index contributed by atoms with van der Waals surface area (Å²) in [6, 6.07) is 7.79. The van der Waals surface area contributed by atoms with Gasteiger partial charge in [0.05, 0.1) is 19.1 Å². The predicted octanol–water partition coefficient (Wildman–Crippen LogP) is 2.26. The summed E-state index contributed by atoms with van der Waals surface area (Å²) >= 11 is 0. The molecule has 1 aromatic carbocycles. The molecule has 0 aliphatic carbocycles. The van der Waals surface area contributed by atoms with Crippen LogP contribution in [0.25, 0.3) is 0 Å². The molecule has 0 aromatic heterocycles. The van der Waals surface area contributed by atoms with Crippen molar-refractivity contribution >= 4 is 5.91 Å². The van der Waals surface area contributed by atoms with Gasteiger partial charge in [-0.1, -0.05) is 29.8 Å². The number of ether oxygens (including phenoxy) is 1. The van der Waals surface area contributed by atoms with Gasteiger partial charge in [-0.05, 0) is 31.4 Å². The Morgan fingerprint density at radius 2 is 2.05 bits per heavy atom. The molecule has 0 aliphatic rings. The molecule has 1 atom stereocenters. The average Bonchev–Trinajstić information content (AvgIpc) is 2.42. The van der Waals surface area contributed by atoms with E-state index in [4.69, 9.17) is 10.6 Å². The van der Waals surface area contributed by atoms with Gasteiger partial charge in [0.25, 0.3) is 0 Å². The molecule has 19 heavy (non-hydrogen) atoms. The minimum Gasteiger partial charge on any atom is -0.376 e. The number of rotatable bonds is 7. The first-order chi connectivity index (χ1) is 9.04. The maximum Gasteiger partial charge on any atom is 0.241 e. The fourth-order valence-corrected chi connectivity index (χ4v) is 1.62. The third kappa shape index (κ3) is 5.24. The second-order valence-electron chi connectivity index (χ2n) is 4.73. The number of hydrogen-bond acceptors (Lipinski definition) is 3. The van der Waals surface area contributed by atoms with E-state index in [1.807, 2.05) is 38.1 Å². The van der Waals surface area contributed by atoms with Crippen LogP contribution >= 0.6 is 0 Å². The van der Waals surface area contributed by atoms with Crippen molar-refractivity contribution in [3.63, 3.8) is 0 Å². The molecule has 0 radical (unpaired) electrons. The van der Waals surface area contributed by atoms with Crippen molar-refractivity contribution < 1.29 is 9.53 Å². The lowest BCUT2D eigenvalue weighted by Gasteiger charge is -2.11. The molecular formula is C15H22N2O2. The topological polar surface area (TPSA) is 64.3 Å². The summed E-state index contributed by atoms with van der Waals surface area (Å²) in [5.74, 6) is 4.68. The minimum absolute atomic E-state index is 0.189. The molecule has 3 N–H and O–H groups in total. The zero-order chi connectivity index (χ0) is 14.3. The Kier molecular flexibility index (Phi) is 6.25. The third-order valence-electron chi connectivity index (χ3n) is 2.96. The molecule has 0 aliphatic heterocycles. The number of hydrazine groups is 1. The van der Waals surface area contributed by atoms with Crippen LogP contribution in [0, 0.1) is 0 Å². The number of hydrogen-bond donors (Lipinski definition) is 2. The number of benzene rings is 1. The lowest BCUT2D eigenvalue weighted by molar-refractivity contribution is -0.122. The summed E-state index contributed by atoms with van der Waals surface area (Å²) in [5, 5.41) is 0. The Morgan fingerprint density at radius 3 is 2.58 bits per heavy atom. The van der Waals surface area contributed by atoms with Crippen molar-refractivity contribution in [1.29, 1.82) is 0 Å². The van der Waals surface area contributed by atoms with Crippen molar-refractivity contribution in [3.8, 4) is 0 Å². The molecule has 1 amide bonds. The molecule has 0 heterocycles. The van der Waals surface area contributed by atoms with Crippen LogP contribution in [0.4, 0.5) is 0 Å². The number of carbonyl (C=O) groups excluding carboxylic acids is 1. The molecule has 1 rings (SSSR count). The fourth-order valence-electron chi connectivity index (χ4n) is 1.62. The van der Waals surface area contributed by atoms with Crippen molar-refractivity contribution in [3.05, 3.63) is 47.5 Å². The highest BCUT2D eigenvalue weighted by atomic mass is 16.5. The van der Waals surface area contributed by atoms with E-state index in [-0.39, 0.29) is 11.8 Å². The van der Waals surface area contributed by atoms with Gasteiger partial charge in [0.15, 0.2) is 0 Å². The number of carbonyl (C=O) groups is 1. The molecule has 0 saturated carbocycles. The summed E-state index contributed by atoms with van der Waals surface area (Å²) in [6.45, 7) is 8.89. The van der Waals surface area contributed by atoms with E-state index < -0.39 is 0 Å². The Morgan fingerprint density at radius 1 is 1.42 bits per heavy atom. The highest BCUT2D eigenvalue weighted by molar-refractivity contribution is 5.82. The number of amides is 1. The van der Waals surface area contributed by atoms with E-state index in [1.165, 1.54) is 0 Å². The van der Waals surface area contributed by atoms with Gasteiger partial charge in [-0.25, -0.2) is 5.84 Å². The lowest BCUT2D eigenvalue weighted by atomic mass is 9.99. The van der Waals surface area contributed by atoms with Crippen LogP contribution in [-0.2, 0) is 16.1 Å². The van der Waals surface area contributed by atoms with E-state index in [9.17, 15) is 4.79 Å². The van der Waals surface area contributed by atoms with Gasteiger partial charge in [-0.15, -0.1) is 6.58 Å². The summed E-state index contributed by atoms with van der Waals surface area (Å²) in [5.41, 5.74) is 5.31. The number of nitrogens with two attached hydrogens (primary N) is 1. The van der Waals surface area contributed by atoms with Crippen LogP contribution in [0.5, 0.6) is 0 Å². The first-order valence-corrected chi connectivity index (χ1v) is 6.36. The molecule has 1 unspecified atom stereocenters. The standard InChI is InChI=1S/C15H22N2O2/c1-11(2)8-9-19-10-13-4-6-14(7-5-13)12(3)15(18)17-16/h4-7,12H,1,8-10,16H2,2-3H3,(H,17,18). The summed E-state index contributed by atoms with van der Waals surface area (Å²) in [7, 11) is 0. The Labute approximate surface area is 114 Å². The van der Waals surface area contributed by atoms with Crippen LogP contribution in [0.3, 0.4) is 0 Å². The van der Waals surface area contributed by atoms with Crippen LogP contribution in [-0.4, -0.2) is 12.5 Å². The molecule has 0 saturated heterocycles. The van der Waals surface area contributed by atoms with E-state index in [1.54, 1.807) is 0 Å². The summed E-state index contributed by atoms with van der Waals surface area (Å²) in [6.07, 6.45) is 0.881. The Bertz CT molecular complexity index is 426. The van der Waals surface area contributed by atoms with Gasteiger partial charge in [0.1, 0.15) is 0 Å².